The van der Waals surface area contributed by atoms with Gasteiger partial charge >= 0.3 is 0 Å². The molecule has 0 aromatic carbocycles. The Labute approximate surface area is 86.4 Å². The van der Waals surface area contributed by atoms with Gasteiger partial charge in [0.15, 0.2) is 6.29 Å². The monoisotopic (exact) mass is 202 g/mol. The van der Waals surface area contributed by atoms with Crippen molar-refractivity contribution in [1.82, 2.24) is 0 Å². The Hall–Kier alpha value is -0.120. The van der Waals surface area contributed by atoms with E-state index in [0.29, 0.717) is 6.61 Å². The topological polar surface area (TPSA) is 38.7 Å². The molecule has 3 nitrogen and oxygen atoms in total. The van der Waals surface area contributed by atoms with Crippen molar-refractivity contribution >= 4 is 0 Å². The minimum Gasteiger partial charge on any atom is -0.396 e. The summed E-state index contributed by atoms with van der Waals surface area (Å²) in [4.78, 5) is 0. The predicted molar refractivity (Wildman–Crippen MR) is 55.1 cm³/mol. The number of hydrogen-bond donors (Lipinski definition) is 1. The maximum atomic E-state index is 8.58. The largest absolute Gasteiger partial charge is 0.396 e. The fraction of sp³-hybridized carbons (Fsp3) is 1.00. The van der Waals surface area contributed by atoms with Crippen LogP contribution in [0.1, 0.15) is 44.9 Å². The first-order valence-corrected chi connectivity index (χ1v) is 5.77. The van der Waals surface area contributed by atoms with Crippen LogP contribution in [0.15, 0.2) is 0 Å². The van der Waals surface area contributed by atoms with E-state index in [1.54, 1.807) is 0 Å². The molecule has 1 fully saturated rings. The number of ether oxygens (including phenoxy) is 2. The third-order valence-corrected chi connectivity index (χ3v) is 2.49. The van der Waals surface area contributed by atoms with Gasteiger partial charge in [-0.15, -0.1) is 0 Å². The van der Waals surface area contributed by atoms with Gasteiger partial charge in [-0.2, -0.15) is 0 Å². The highest BCUT2D eigenvalue weighted by molar-refractivity contribution is 4.54. The molecule has 3 heteroatoms. The van der Waals surface area contributed by atoms with Crippen molar-refractivity contribution in [3.8, 4) is 0 Å². The summed E-state index contributed by atoms with van der Waals surface area (Å²) in [6.07, 6.45) is 7.77. The summed E-state index contributed by atoms with van der Waals surface area (Å²) in [7, 11) is 0. The average molecular weight is 202 g/mol. The molecule has 0 radical (unpaired) electrons. The van der Waals surface area contributed by atoms with Crippen molar-refractivity contribution in [2.75, 3.05) is 19.8 Å². The van der Waals surface area contributed by atoms with Crippen LogP contribution in [0.2, 0.25) is 0 Å². The van der Waals surface area contributed by atoms with Crippen LogP contribution in [0.25, 0.3) is 0 Å². The van der Waals surface area contributed by atoms with Gasteiger partial charge in [0.25, 0.3) is 0 Å². The van der Waals surface area contributed by atoms with Gasteiger partial charge in [-0.05, 0) is 32.1 Å². The third-order valence-electron chi connectivity index (χ3n) is 2.49. The molecule has 0 unspecified atom stereocenters. The Kier molecular flexibility index (Phi) is 7.01. The van der Waals surface area contributed by atoms with Crippen LogP contribution in [-0.2, 0) is 9.47 Å². The van der Waals surface area contributed by atoms with Gasteiger partial charge in [-0.3, -0.25) is 0 Å². The van der Waals surface area contributed by atoms with Crippen LogP contribution in [0, 0.1) is 0 Å². The molecular weight excluding hydrogens is 180 g/mol. The molecule has 1 atom stereocenters. The molecule has 0 aromatic rings. The lowest BCUT2D eigenvalue weighted by molar-refractivity contribution is -0.162. The second-order valence-corrected chi connectivity index (χ2v) is 3.80. The summed E-state index contributed by atoms with van der Waals surface area (Å²) in [5, 5.41) is 8.58. The fourth-order valence-electron chi connectivity index (χ4n) is 1.62. The molecule has 84 valence electrons. The number of hydrogen-bond acceptors (Lipinski definition) is 3. The van der Waals surface area contributed by atoms with Crippen LogP contribution in [0.3, 0.4) is 0 Å². The normalized spacial score (nSPS) is 22.5. The Morgan fingerprint density at radius 2 is 2.00 bits per heavy atom. The Morgan fingerprint density at radius 3 is 2.71 bits per heavy atom. The lowest BCUT2D eigenvalue weighted by Gasteiger charge is -2.22. The predicted octanol–water partition coefficient (Wildman–Crippen LogP) is 2.08. The van der Waals surface area contributed by atoms with Crippen molar-refractivity contribution in [2.45, 2.75) is 51.2 Å². The first-order valence-electron chi connectivity index (χ1n) is 5.77. The van der Waals surface area contributed by atoms with E-state index in [1.165, 1.54) is 12.8 Å². The van der Waals surface area contributed by atoms with E-state index in [1.807, 2.05) is 0 Å². The third kappa shape index (κ3) is 5.58. The molecule has 0 amide bonds. The molecule has 0 saturated carbocycles. The van der Waals surface area contributed by atoms with Gasteiger partial charge in [-0.1, -0.05) is 12.8 Å². The minimum absolute atomic E-state index is 0.0570. The van der Waals surface area contributed by atoms with E-state index in [-0.39, 0.29) is 6.29 Å². The molecule has 1 aliphatic heterocycles. The molecule has 1 saturated heterocycles. The molecular formula is C11H22O3. The van der Waals surface area contributed by atoms with Crippen molar-refractivity contribution < 1.29 is 14.6 Å². The zero-order chi connectivity index (χ0) is 10.1. The second kappa shape index (κ2) is 8.21. The highest BCUT2D eigenvalue weighted by atomic mass is 16.7. The van der Waals surface area contributed by atoms with E-state index in [9.17, 15) is 0 Å². The summed E-state index contributed by atoms with van der Waals surface area (Å²) in [5.41, 5.74) is 0. The summed E-state index contributed by atoms with van der Waals surface area (Å²) in [5.74, 6) is 0. The number of aliphatic hydroxyl groups is 1. The first-order chi connectivity index (χ1) is 6.93. The fourth-order valence-corrected chi connectivity index (χ4v) is 1.62. The highest BCUT2D eigenvalue weighted by Gasteiger charge is 2.12. The van der Waals surface area contributed by atoms with Crippen LogP contribution in [0.4, 0.5) is 0 Å². The lowest BCUT2D eigenvalue weighted by Crippen LogP contribution is -2.22. The molecule has 0 aliphatic carbocycles. The number of unbranched alkanes of at least 4 members (excludes halogenated alkanes) is 3. The molecule has 1 rings (SSSR count). The van der Waals surface area contributed by atoms with Crippen molar-refractivity contribution in [3.05, 3.63) is 0 Å². The van der Waals surface area contributed by atoms with Crippen molar-refractivity contribution in [3.63, 3.8) is 0 Å². The van der Waals surface area contributed by atoms with Crippen molar-refractivity contribution in [1.29, 1.82) is 0 Å². The zero-order valence-corrected chi connectivity index (χ0v) is 8.91. The van der Waals surface area contributed by atoms with E-state index in [4.69, 9.17) is 14.6 Å². The SMILES string of the molecule is OCCCCCCO[C@@H]1CCCCO1. The molecule has 1 heterocycles. The Morgan fingerprint density at radius 1 is 1.14 bits per heavy atom. The van der Waals surface area contributed by atoms with Crippen LogP contribution in [0.5, 0.6) is 0 Å². The maximum absolute atomic E-state index is 8.58. The first kappa shape index (κ1) is 12.0. The smallest absolute Gasteiger partial charge is 0.157 e. The second-order valence-electron chi connectivity index (χ2n) is 3.80. The van der Waals surface area contributed by atoms with Gasteiger partial charge in [0, 0.05) is 19.8 Å². The highest BCUT2D eigenvalue weighted by Crippen LogP contribution is 2.14. The van der Waals surface area contributed by atoms with Crippen molar-refractivity contribution in [2.24, 2.45) is 0 Å². The molecule has 1 aliphatic rings. The molecule has 0 spiro atoms. The van der Waals surface area contributed by atoms with Gasteiger partial charge in [-0.25, -0.2) is 0 Å². The summed E-state index contributed by atoms with van der Waals surface area (Å²) in [6.45, 7) is 1.97. The molecule has 1 N–H and O–H groups in total. The summed E-state index contributed by atoms with van der Waals surface area (Å²) >= 11 is 0. The zero-order valence-electron chi connectivity index (χ0n) is 8.91. The minimum atomic E-state index is 0.0570. The number of rotatable bonds is 7. The summed E-state index contributed by atoms with van der Waals surface area (Å²) in [6, 6.07) is 0. The van der Waals surface area contributed by atoms with Gasteiger partial charge in [0.05, 0.1) is 0 Å². The van der Waals surface area contributed by atoms with E-state index in [2.05, 4.69) is 0 Å². The quantitative estimate of drug-likeness (QED) is 0.642. The maximum Gasteiger partial charge on any atom is 0.157 e. The van der Waals surface area contributed by atoms with E-state index >= 15 is 0 Å². The standard InChI is InChI=1S/C11H22O3/c12-8-4-1-2-5-9-13-11-7-3-6-10-14-11/h11-12H,1-10H2/t11-/m0/s1. The Bertz CT molecular complexity index is 122. The number of aliphatic hydroxyl groups excluding tert-OH is 1. The van der Waals surface area contributed by atoms with Gasteiger partial charge < -0.3 is 14.6 Å². The van der Waals surface area contributed by atoms with E-state index < -0.39 is 0 Å². The van der Waals surface area contributed by atoms with Crippen LogP contribution < -0.4 is 0 Å². The van der Waals surface area contributed by atoms with Crippen LogP contribution in [-0.4, -0.2) is 31.2 Å². The van der Waals surface area contributed by atoms with Crippen LogP contribution >= 0.6 is 0 Å². The lowest BCUT2D eigenvalue weighted by atomic mass is 10.2. The van der Waals surface area contributed by atoms with E-state index in [0.717, 1.165) is 45.3 Å². The molecule has 0 bridgehead atoms. The average Bonchev–Trinajstić information content (AvgIpc) is 2.25. The van der Waals surface area contributed by atoms with Gasteiger partial charge in [0.2, 0.25) is 0 Å². The molecule has 14 heavy (non-hydrogen) atoms. The molecule has 0 aromatic heterocycles. The summed E-state index contributed by atoms with van der Waals surface area (Å²) < 4.78 is 11.0. The Balaban J connectivity index is 1.82. The van der Waals surface area contributed by atoms with Gasteiger partial charge in [0.1, 0.15) is 0 Å².